The molecule has 0 unspecified atom stereocenters. The highest BCUT2D eigenvalue weighted by atomic mass is 28.4. The van der Waals surface area contributed by atoms with Gasteiger partial charge in [0.25, 0.3) is 0 Å². The molecule has 0 aliphatic carbocycles. The van der Waals surface area contributed by atoms with E-state index in [4.69, 9.17) is 9.16 Å². The van der Waals surface area contributed by atoms with E-state index in [1.165, 1.54) is 10.4 Å². The minimum absolute atomic E-state index is 0.147. The molecule has 0 radical (unpaired) electrons. The molecule has 0 aromatic heterocycles. The van der Waals surface area contributed by atoms with Gasteiger partial charge in [0, 0.05) is 13.2 Å². The maximum absolute atomic E-state index is 7.09. The summed E-state index contributed by atoms with van der Waals surface area (Å²) in [5.41, 5.74) is 3.58. The van der Waals surface area contributed by atoms with Crippen molar-refractivity contribution in [3.63, 3.8) is 0 Å². The van der Waals surface area contributed by atoms with Crippen LogP contribution >= 0.6 is 0 Å². The second-order valence-corrected chi connectivity index (χ2v) is 10.3. The number of rotatable bonds is 13. The molecule has 2 nitrogen and oxygen atoms in total. The first-order valence-corrected chi connectivity index (χ1v) is 12.7. The minimum atomic E-state index is -2.76. The van der Waals surface area contributed by atoms with E-state index in [0.717, 1.165) is 38.5 Å². The molecule has 0 fully saturated rings. The lowest BCUT2D eigenvalue weighted by Gasteiger charge is -2.32. The Labute approximate surface area is 183 Å². The number of methoxy groups -OCH3 is 1. The Morgan fingerprint density at radius 2 is 1.37 bits per heavy atom. The molecule has 2 aromatic rings. The van der Waals surface area contributed by atoms with E-state index in [9.17, 15) is 0 Å². The Balaban J connectivity index is 2.49. The number of ether oxygens (including phenoxy) is 1. The summed E-state index contributed by atoms with van der Waals surface area (Å²) >= 11 is 0. The van der Waals surface area contributed by atoms with Crippen molar-refractivity contribution in [1.29, 1.82) is 0 Å². The van der Waals surface area contributed by atoms with Gasteiger partial charge >= 0.3 is 8.32 Å². The predicted octanol–water partition coefficient (Wildman–Crippen LogP) is 5.03. The first kappa shape index (κ1) is 23.9. The van der Waals surface area contributed by atoms with Gasteiger partial charge in [-0.1, -0.05) is 84.3 Å². The van der Waals surface area contributed by atoms with Gasteiger partial charge in [-0.25, -0.2) is 0 Å². The molecule has 0 aliphatic heterocycles. The maximum Gasteiger partial charge on any atom is 0.337 e. The Hall–Kier alpha value is -2.38. The molecule has 158 valence electrons. The van der Waals surface area contributed by atoms with Crippen LogP contribution in [0.5, 0.6) is 0 Å². The molecule has 0 bridgehead atoms. The predicted molar refractivity (Wildman–Crippen MR) is 131 cm³/mol. The number of hydrogen-bond donors (Lipinski definition) is 0. The Morgan fingerprint density at radius 3 is 1.80 bits per heavy atom. The molecule has 0 amide bonds. The van der Waals surface area contributed by atoms with Gasteiger partial charge in [-0.2, -0.15) is 0 Å². The summed E-state index contributed by atoms with van der Waals surface area (Å²) in [5, 5.41) is 2.36. The smallest absolute Gasteiger partial charge is 0.337 e. The lowest BCUT2D eigenvalue weighted by molar-refractivity contribution is 0.176. The van der Waals surface area contributed by atoms with Crippen LogP contribution in [0.4, 0.5) is 0 Å². The van der Waals surface area contributed by atoms with Crippen molar-refractivity contribution in [2.24, 2.45) is 0 Å². The van der Waals surface area contributed by atoms with Gasteiger partial charge in [-0.3, -0.25) is 0 Å². The van der Waals surface area contributed by atoms with Crippen molar-refractivity contribution < 1.29 is 9.16 Å². The Morgan fingerprint density at radius 1 is 0.867 bits per heavy atom. The van der Waals surface area contributed by atoms with Gasteiger partial charge < -0.3 is 9.16 Å². The highest BCUT2D eigenvalue weighted by Gasteiger charge is 2.40. The van der Waals surface area contributed by atoms with Gasteiger partial charge in [0.05, 0.1) is 0 Å². The van der Waals surface area contributed by atoms with E-state index in [-0.39, 0.29) is 6.10 Å². The summed E-state index contributed by atoms with van der Waals surface area (Å²) in [4.78, 5) is 0. The fourth-order valence-corrected chi connectivity index (χ4v) is 6.88. The number of hydrogen-bond acceptors (Lipinski definition) is 2. The summed E-state index contributed by atoms with van der Waals surface area (Å²) < 4.78 is 12.3. The average Bonchev–Trinajstić information content (AvgIpc) is 2.80. The third kappa shape index (κ3) is 7.14. The fourth-order valence-electron chi connectivity index (χ4n) is 3.55. The normalized spacial score (nSPS) is 11.0. The van der Waals surface area contributed by atoms with Crippen molar-refractivity contribution in [3.05, 3.63) is 86.0 Å². The van der Waals surface area contributed by atoms with Crippen LogP contribution in [0.2, 0.25) is 0 Å². The number of allylic oxidation sites excluding steroid dienone is 2. The van der Waals surface area contributed by atoms with Crippen molar-refractivity contribution in [1.82, 2.24) is 0 Å². The van der Waals surface area contributed by atoms with Crippen molar-refractivity contribution in [3.8, 4) is 11.5 Å². The molecule has 0 N–H and O–H groups in total. The van der Waals surface area contributed by atoms with E-state index in [0.29, 0.717) is 6.61 Å². The molecule has 3 heteroatoms. The zero-order valence-corrected chi connectivity index (χ0v) is 19.2. The highest BCUT2D eigenvalue weighted by Crippen LogP contribution is 2.19. The Bertz CT molecular complexity index is 752. The minimum Gasteiger partial charge on any atom is -0.396 e. The molecule has 2 aromatic carbocycles. The Kier molecular flexibility index (Phi) is 11.0. The van der Waals surface area contributed by atoms with Crippen LogP contribution in [0.25, 0.3) is 0 Å². The van der Waals surface area contributed by atoms with Gasteiger partial charge in [-0.05, 0) is 48.9 Å². The fraction of sp³-hybridized carbons (Fsp3) is 0.333. The van der Waals surface area contributed by atoms with Crippen LogP contribution in [0.15, 0.2) is 86.0 Å². The zero-order chi connectivity index (χ0) is 21.5. The molecule has 30 heavy (non-hydrogen) atoms. The summed E-state index contributed by atoms with van der Waals surface area (Å²) in [6.07, 6.45) is 10.3. The molecule has 2 rings (SSSR count). The summed E-state index contributed by atoms with van der Waals surface area (Å²) in [5.74, 6) is 3.25. The SMILES string of the molecule is C=CCCCC(CCCC=C)O[Si](C#CCOC)(c1ccccc1)c1ccccc1. The molecule has 0 aliphatic rings. The first-order valence-electron chi connectivity index (χ1n) is 10.8. The van der Waals surface area contributed by atoms with Crippen LogP contribution in [0, 0.1) is 11.5 Å². The van der Waals surface area contributed by atoms with E-state index < -0.39 is 8.32 Å². The third-order valence-corrected chi connectivity index (χ3v) is 8.56. The van der Waals surface area contributed by atoms with Crippen molar-refractivity contribution in [2.45, 2.75) is 44.6 Å². The molecule has 0 heterocycles. The second kappa shape index (κ2) is 13.8. The highest BCUT2D eigenvalue weighted by molar-refractivity contribution is 7.03. The van der Waals surface area contributed by atoms with E-state index in [2.05, 4.69) is 73.2 Å². The summed E-state index contributed by atoms with van der Waals surface area (Å²) in [7, 11) is -1.08. The largest absolute Gasteiger partial charge is 0.396 e. The van der Waals surface area contributed by atoms with Crippen molar-refractivity contribution >= 4 is 18.7 Å². The molecule has 0 spiro atoms. The van der Waals surface area contributed by atoms with Crippen LogP contribution in [0.1, 0.15) is 38.5 Å². The van der Waals surface area contributed by atoms with Gasteiger partial charge in [-0.15, -0.1) is 13.2 Å². The van der Waals surface area contributed by atoms with Crippen LogP contribution < -0.4 is 10.4 Å². The monoisotopic (exact) mass is 418 g/mol. The average molecular weight is 419 g/mol. The van der Waals surface area contributed by atoms with E-state index >= 15 is 0 Å². The topological polar surface area (TPSA) is 18.5 Å². The standard InChI is InChI=1S/C27H34O2Si/c1-4-6-10-17-25(18-11-7-5-2)29-30(24-16-23-28-3,26-19-12-8-13-20-26)27-21-14-9-15-22-27/h4-5,8-9,12-15,19-22,25H,1-2,6-7,10-11,17-18,23H2,3H3. The lowest BCUT2D eigenvalue weighted by atomic mass is 10.1. The van der Waals surface area contributed by atoms with E-state index in [1.807, 2.05) is 24.3 Å². The first-order chi connectivity index (χ1) is 14.8. The van der Waals surface area contributed by atoms with Gasteiger partial charge in [0.1, 0.15) is 6.61 Å². The molecule has 0 atom stereocenters. The summed E-state index contributed by atoms with van der Waals surface area (Å²) in [6.45, 7) is 8.14. The molecular weight excluding hydrogens is 384 g/mol. The summed E-state index contributed by atoms with van der Waals surface area (Å²) in [6, 6.07) is 21.0. The lowest BCUT2D eigenvalue weighted by Crippen LogP contribution is -2.61. The number of unbranched alkanes of at least 4 members (excludes halogenated alkanes) is 2. The number of benzene rings is 2. The van der Waals surface area contributed by atoms with Crippen LogP contribution in [0.3, 0.4) is 0 Å². The molecule has 0 saturated carbocycles. The van der Waals surface area contributed by atoms with Gasteiger partial charge in [0.2, 0.25) is 0 Å². The van der Waals surface area contributed by atoms with E-state index in [1.54, 1.807) is 7.11 Å². The molecule has 0 saturated heterocycles. The van der Waals surface area contributed by atoms with Crippen LogP contribution in [-0.4, -0.2) is 28.1 Å². The second-order valence-electron chi connectivity index (χ2n) is 7.33. The van der Waals surface area contributed by atoms with Gasteiger partial charge in [0.15, 0.2) is 0 Å². The quantitative estimate of drug-likeness (QED) is 0.196. The third-order valence-electron chi connectivity index (χ3n) is 5.05. The molecular formula is C27H34O2Si. The van der Waals surface area contributed by atoms with Crippen LogP contribution in [-0.2, 0) is 9.16 Å². The zero-order valence-electron chi connectivity index (χ0n) is 18.2. The maximum atomic E-state index is 7.09. The van der Waals surface area contributed by atoms with Crippen molar-refractivity contribution in [2.75, 3.05) is 13.7 Å².